The monoisotopic (exact) mass is 402 g/mol. The number of hydrogen-bond acceptors (Lipinski definition) is 5. The Bertz CT molecular complexity index is 890. The van der Waals surface area contributed by atoms with Gasteiger partial charge in [0.25, 0.3) is 11.5 Å². The van der Waals surface area contributed by atoms with Crippen molar-refractivity contribution < 1.29 is 4.79 Å². The zero-order valence-corrected chi connectivity index (χ0v) is 17.5. The number of likely N-dealkylation sites (tertiary alicyclic amines) is 1. The van der Waals surface area contributed by atoms with Gasteiger partial charge in [-0.05, 0) is 51.3 Å². The third-order valence-corrected chi connectivity index (χ3v) is 7.25. The third-order valence-electron chi connectivity index (χ3n) is 6.07. The quantitative estimate of drug-likeness (QED) is 0.764. The van der Waals surface area contributed by atoms with Crippen molar-refractivity contribution in [3.63, 3.8) is 0 Å². The molecule has 0 unspecified atom stereocenters. The van der Waals surface area contributed by atoms with Crippen molar-refractivity contribution >= 4 is 27.5 Å². The van der Waals surface area contributed by atoms with Crippen LogP contribution >= 0.6 is 11.3 Å². The van der Waals surface area contributed by atoms with Crippen molar-refractivity contribution in [2.75, 3.05) is 13.1 Å². The van der Waals surface area contributed by atoms with E-state index in [-0.39, 0.29) is 17.5 Å². The summed E-state index contributed by atoms with van der Waals surface area (Å²) in [6.07, 6.45) is 10.7. The largest absolute Gasteiger partial charge is 0.349 e. The van der Waals surface area contributed by atoms with Gasteiger partial charge in [0.1, 0.15) is 10.7 Å². The van der Waals surface area contributed by atoms with Crippen molar-refractivity contribution in [3.05, 3.63) is 26.6 Å². The number of aromatic nitrogens is 2. The standard InChI is InChI=1S/C21H30N4O2S/c1-14-17-19(26)23-16(13-25-11-7-4-8-12-25)24-21(17)28-18(14)20(27)22-15-9-5-2-3-6-10-15/h15H,2-13H2,1H3,(H,22,27)(H,23,24,26). The minimum absolute atomic E-state index is 0.0515. The summed E-state index contributed by atoms with van der Waals surface area (Å²) in [5.41, 5.74) is 0.628. The van der Waals surface area contributed by atoms with Crippen LogP contribution in [-0.4, -0.2) is 39.9 Å². The molecule has 2 aromatic heterocycles. The lowest BCUT2D eigenvalue weighted by Crippen LogP contribution is -2.34. The Morgan fingerprint density at radius 2 is 1.82 bits per heavy atom. The van der Waals surface area contributed by atoms with Gasteiger partial charge >= 0.3 is 0 Å². The lowest BCUT2D eigenvalue weighted by atomic mass is 10.1. The second-order valence-corrected chi connectivity index (χ2v) is 9.25. The zero-order chi connectivity index (χ0) is 19.5. The Morgan fingerprint density at radius 3 is 2.54 bits per heavy atom. The number of fused-ring (bicyclic) bond motifs is 1. The van der Waals surface area contributed by atoms with Gasteiger partial charge in [0.2, 0.25) is 0 Å². The number of thiophene rings is 1. The highest BCUT2D eigenvalue weighted by atomic mass is 32.1. The van der Waals surface area contributed by atoms with Crippen molar-refractivity contribution in [2.24, 2.45) is 0 Å². The Labute approximate surface area is 169 Å². The molecular formula is C21H30N4O2S. The number of amides is 1. The number of aromatic amines is 1. The van der Waals surface area contributed by atoms with E-state index in [9.17, 15) is 9.59 Å². The molecule has 0 radical (unpaired) electrons. The Kier molecular flexibility index (Phi) is 6.11. The van der Waals surface area contributed by atoms with Crippen molar-refractivity contribution in [3.8, 4) is 0 Å². The first-order valence-corrected chi connectivity index (χ1v) is 11.5. The molecule has 3 heterocycles. The average Bonchev–Trinajstić information content (AvgIpc) is 2.84. The molecule has 0 spiro atoms. The smallest absolute Gasteiger partial charge is 0.261 e. The highest BCUT2D eigenvalue weighted by Crippen LogP contribution is 2.28. The van der Waals surface area contributed by atoms with Gasteiger partial charge in [0.15, 0.2) is 0 Å². The highest BCUT2D eigenvalue weighted by molar-refractivity contribution is 7.20. The fourth-order valence-corrected chi connectivity index (χ4v) is 5.59. The molecule has 0 atom stereocenters. The summed E-state index contributed by atoms with van der Waals surface area (Å²) in [5.74, 6) is 0.653. The van der Waals surface area contributed by atoms with Crippen LogP contribution in [-0.2, 0) is 6.54 Å². The highest BCUT2D eigenvalue weighted by Gasteiger charge is 2.22. The molecule has 2 N–H and O–H groups in total. The summed E-state index contributed by atoms with van der Waals surface area (Å²) >= 11 is 1.35. The van der Waals surface area contributed by atoms with Crippen LogP contribution in [0.2, 0.25) is 0 Å². The fourth-order valence-electron chi connectivity index (χ4n) is 4.48. The Balaban J connectivity index is 1.55. The maximum absolute atomic E-state index is 12.9. The molecule has 6 nitrogen and oxygen atoms in total. The molecule has 4 rings (SSSR count). The van der Waals surface area contributed by atoms with E-state index >= 15 is 0 Å². The van der Waals surface area contributed by atoms with E-state index < -0.39 is 0 Å². The lowest BCUT2D eigenvalue weighted by molar-refractivity contribution is 0.0937. The van der Waals surface area contributed by atoms with E-state index in [4.69, 9.17) is 4.98 Å². The van der Waals surface area contributed by atoms with Crippen LogP contribution in [0.5, 0.6) is 0 Å². The van der Waals surface area contributed by atoms with Gasteiger partial charge in [-0.25, -0.2) is 4.98 Å². The first-order valence-electron chi connectivity index (χ1n) is 10.7. The van der Waals surface area contributed by atoms with Crippen LogP contribution < -0.4 is 10.9 Å². The number of aryl methyl sites for hydroxylation is 1. The van der Waals surface area contributed by atoms with E-state index in [2.05, 4.69) is 15.2 Å². The molecule has 152 valence electrons. The molecule has 1 saturated carbocycles. The average molecular weight is 403 g/mol. The molecule has 2 aromatic rings. The normalized spacial score (nSPS) is 19.6. The van der Waals surface area contributed by atoms with Gasteiger partial charge in [-0.15, -0.1) is 11.3 Å². The van der Waals surface area contributed by atoms with Gasteiger partial charge in [-0.2, -0.15) is 0 Å². The third kappa shape index (κ3) is 4.30. The number of carbonyl (C=O) groups excluding carboxylic acids is 1. The molecule has 1 saturated heterocycles. The van der Waals surface area contributed by atoms with E-state index in [1.54, 1.807) is 0 Å². The maximum Gasteiger partial charge on any atom is 0.261 e. The topological polar surface area (TPSA) is 78.1 Å². The van der Waals surface area contributed by atoms with Crippen LogP contribution in [0.3, 0.4) is 0 Å². The van der Waals surface area contributed by atoms with Crippen molar-refractivity contribution in [1.82, 2.24) is 20.2 Å². The molecule has 2 fully saturated rings. The van der Waals surface area contributed by atoms with Crippen LogP contribution in [0.15, 0.2) is 4.79 Å². The molecule has 1 aliphatic heterocycles. The number of nitrogens with one attached hydrogen (secondary N) is 2. The molecule has 0 bridgehead atoms. The number of nitrogens with zero attached hydrogens (tertiary/aromatic N) is 2. The van der Waals surface area contributed by atoms with Crippen molar-refractivity contribution in [1.29, 1.82) is 0 Å². The summed E-state index contributed by atoms with van der Waals surface area (Å²) < 4.78 is 0. The molecule has 1 aliphatic carbocycles. The number of carbonyl (C=O) groups is 1. The SMILES string of the molecule is Cc1c(C(=O)NC2CCCCCC2)sc2nc(CN3CCCCC3)[nH]c(=O)c12. The zero-order valence-electron chi connectivity index (χ0n) is 16.7. The first-order chi connectivity index (χ1) is 13.6. The molecule has 0 aromatic carbocycles. The van der Waals surface area contributed by atoms with Gasteiger partial charge in [0.05, 0.1) is 16.8 Å². The van der Waals surface area contributed by atoms with Gasteiger partial charge in [0, 0.05) is 6.04 Å². The number of hydrogen-bond donors (Lipinski definition) is 2. The van der Waals surface area contributed by atoms with E-state index in [1.165, 1.54) is 56.3 Å². The maximum atomic E-state index is 12.9. The molecule has 28 heavy (non-hydrogen) atoms. The molecule has 7 heteroatoms. The minimum Gasteiger partial charge on any atom is -0.349 e. The predicted molar refractivity (Wildman–Crippen MR) is 113 cm³/mol. The summed E-state index contributed by atoms with van der Waals surface area (Å²) in [5, 5.41) is 3.77. The number of piperidine rings is 1. The Morgan fingerprint density at radius 1 is 1.14 bits per heavy atom. The van der Waals surface area contributed by atoms with Crippen LogP contribution in [0.25, 0.3) is 10.2 Å². The summed E-state index contributed by atoms with van der Waals surface area (Å²) in [6.45, 7) is 4.65. The summed E-state index contributed by atoms with van der Waals surface area (Å²) in [4.78, 5) is 36.9. The van der Waals surface area contributed by atoms with Gasteiger partial charge < -0.3 is 10.3 Å². The summed E-state index contributed by atoms with van der Waals surface area (Å²) in [7, 11) is 0. The van der Waals surface area contributed by atoms with Crippen molar-refractivity contribution in [2.45, 2.75) is 77.3 Å². The van der Waals surface area contributed by atoms with E-state index in [0.29, 0.717) is 27.5 Å². The second kappa shape index (κ2) is 8.74. The van der Waals surface area contributed by atoms with Crippen LogP contribution in [0.1, 0.15) is 78.8 Å². The van der Waals surface area contributed by atoms with E-state index in [1.807, 2.05) is 6.92 Å². The van der Waals surface area contributed by atoms with Gasteiger partial charge in [-0.1, -0.05) is 32.1 Å². The number of H-pyrrole nitrogens is 1. The summed E-state index contributed by atoms with van der Waals surface area (Å²) in [6, 6.07) is 0.250. The first kappa shape index (κ1) is 19.6. The lowest BCUT2D eigenvalue weighted by Gasteiger charge is -2.25. The van der Waals surface area contributed by atoms with Crippen LogP contribution in [0, 0.1) is 6.92 Å². The molecule has 1 amide bonds. The fraction of sp³-hybridized carbons (Fsp3) is 0.667. The second-order valence-electron chi connectivity index (χ2n) is 8.25. The van der Waals surface area contributed by atoms with Gasteiger partial charge in [-0.3, -0.25) is 14.5 Å². The minimum atomic E-state index is -0.126. The van der Waals surface area contributed by atoms with E-state index in [0.717, 1.165) is 31.5 Å². The molecule has 2 aliphatic rings. The Hall–Kier alpha value is -1.73. The predicted octanol–water partition coefficient (Wildman–Crippen LogP) is 3.73. The number of rotatable bonds is 4. The molecular weight excluding hydrogens is 372 g/mol. The van der Waals surface area contributed by atoms with Crippen LogP contribution in [0.4, 0.5) is 0 Å².